The number of thioether (sulfide) groups is 1. The smallest absolute Gasteiger partial charge is 0.350 e. The number of anilines is 1. The van der Waals surface area contributed by atoms with E-state index in [2.05, 4.69) is 17.0 Å². The number of hydrogen-bond donors (Lipinski definition) is 2. The molecule has 1 aromatic carbocycles. The summed E-state index contributed by atoms with van der Waals surface area (Å²) >= 11 is 2.85. The van der Waals surface area contributed by atoms with E-state index in [9.17, 15) is 9.59 Å². The van der Waals surface area contributed by atoms with Gasteiger partial charge in [-0.05, 0) is 55.0 Å². The maximum atomic E-state index is 12.7. The van der Waals surface area contributed by atoms with Crippen LogP contribution in [0.25, 0.3) is 0 Å². The van der Waals surface area contributed by atoms with Crippen molar-refractivity contribution in [3.63, 3.8) is 0 Å². The number of amides is 1. The molecule has 27 heavy (non-hydrogen) atoms. The molecule has 1 heterocycles. The number of nitrogens with zero attached hydrogens (tertiary/aromatic N) is 1. The van der Waals surface area contributed by atoms with Crippen molar-refractivity contribution < 1.29 is 14.3 Å². The highest BCUT2D eigenvalue weighted by Crippen LogP contribution is 2.31. The normalized spacial score (nSPS) is 12.9. The molecule has 0 bridgehead atoms. The van der Waals surface area contributed by atoms with Gasteiger partial charge in [0.15, 0.2) is 0 Å². The molecule has 8 heteroatoms. The van der Waals surface area contributed by atoms with Crippen molar-refractivity contribution >= 4 is 47.4 Å². The third-order valence-electron chi connectivity index (χ3n) is 4.23. The SMILES string of the molecule is C=NC(C)(CCSCN)c1cccc(C(=O)Nc2ccsc2C(=O)OC)c1. The van der Waals surface area contributed by atoms with Gasteiger partial charge in [0.25, 0.3) is 5.91 Å². The monoisotopic (exact) mass is 405 g/mol. The molecule has 0 aliphatic rings. The number of methoxy groups -OCH3 is 1. The average Bonchev–Trinajstić information content (AvgIpc) is 3.15. The predicted octanol–water partition coefficient (Wildman–Crippen LogP) is 3.74. The van der Waals surface area contributed by atoms with E-state index in [1.54, 1.807) is 35.3 Å². The van der Waals surface area contributed by atoms with Crippen LogP contribution >= 0.6 is 23.1 Å². The predicted molar refractivity (Wildman–Crippen MR) is 113 cm³/mol. The first kappa shape index (κ1) is 21.1. The Kier molecular flexibility index (Phi) is 7.58. The van der Waals surface area contributed by atoms with E-state index in [0.29, 0.717) is 22.0 Å². The van der Waals surface area contributed by atoms with Gasteiger partial charge < -0.3 is 15.8 Å². The van der Waals surface area contributed by atoms with Crippen LogP contribution in [0.2, 0.25) is 0 Å². The molecule has 6 nitrogen and oxygen atoms in total. The van der Waals surface area contributed by atoms with Crippen LogP contribution in [0.15, 0.2) is 40.7 Å². The van der Waals surface area contributed by atoms with Crippen LogP contribution in [0.3, 0.4) is 0 Å². The summed E-state index contributed by atoms with van der Waals surface area (Å²) in [6.07, 6.45) is 0.764. The summed E-state index contributed by atoms with van der Waals surface area (Å²) in [6.45, 7) is 5.71. The summed E-state index contributed by atoms with van der Waals surface area (Å²) in [5, 5.41) is 4.50. The minimum Gasteiger partial charge on any atom is -0.465 e. The summed E-state index contributed by atoms with van der Waals surface area (Å²) < 4.78 is 4.74. The number of ether oxygens (including phenoxy) is 1. The topological polar surface area (TPSA) is 93.8 Å². The first-order valence-corrected chi connectivity index (χ1v) is 10.3. The maximum absolute atomic E-state index is 12.7. The number of nitrogens with two attached hydrogens (primary N) is 1. The van der Waals surface area contributed by atoms with Crippen LogP contribution in [-0.4, -0.2) is 37.3 Å². The Balaban J connectivity index is 2.21. The Labute approximate surface area is 167 Å². The van der Waals surface area contributed by atoms with Crippen molar-refractivity contribution in [2.75, 3.05) is 24.1 Å². The van der Waals surface area contributed by atoms with Gasteiger partial charge in [0, 0.05) is 11.4 Å². The molecular weight excluding hydrogens is 382 g/mol. The molecule has 1 aromatic heterocycles. The molecule has 2 aromatic rings. The summed E-state index contributed by atoms with van der Waals surface area (Å²) in [5.74, 6) is 0.622. The lowest BCUT2D eigenvalue weighted by molar-refractivity contribution is 0.0607. The molecule has 0 spiro atoms. The Bertz CT molecular complexity index is 822. The van der Waals surface area contributed by atoms with E-state index < -0.39 is 11.5 Å². The summed E-state index contributed by atoms with van der Waals surface area (Å²) in [5.41, 5.74) is 6.86. The zero-order valence-corrected chi connectivity index (χ0v) is 17.0. The molecule has 144 valence electrons. The number of hydrogen-bond acceptors (Lipinski definition) is 7. The number of rotatable bonds is 9. The van der Waals surface area contributed by atoms with Crippen molar-refractivity contribution in [2.45, 2.75) is 18.9 Å². The lowest BCUT2D eigenvalue weighted by Crippen LogP contribution is -2.21. The van der Waals surface area contributed by atoms with Crippen LogP contribution in [0.5, 0.6) is 0 Å². The number of thiophene rings is 1. The number of carbonyl (C=O) groups is 2. The Morgan fingerprint density at radius 2 is 2.19 bits per heavy atom. The van der Waals surface area contributed by atoms with Gasteiger partial charge in [0.2, 0.25) is 0 Å². The highest BCUT2D eigenvalue weighted by molar-refractivity contribution is 7.99. The van der Waals surface area contributed by atoms with Gasteiger partial charge in [-0.3, -0.25) is 9.79 Å². The van der Waals surface area contributed by atoms with Gasteiger partial charge in [-0.2, -0.15) is 0 Å². The fraction of sp³-hybridized carbons (Fsp3) is 0.316. The minimum atomic E-state index is -0.502. The molecule has 0 aliphatic heterocycles. The standard InChI is InChI=1S/C19H23N3O3S2/c1-19(21-2,8-10-26-12-20)14-6-4-5-13(11-14)17(23)22-15-7-9-27-16(15)18(24)25-3/h4-7,9,11H,2,8,10,12,20H2,1,3H3,(H,22,23). The first-order chi connectivity index (χ1) is 12.9. The summed E-state index contributed by atoms with van der Waals surface area (Å²) in [4.78, 5) is 29.1. The molecule has 0 radical (unpaired) electrons. The van der Waals surface area contributed by atoms with Crippen molar-refractivity contribution in [3.05, 3.63) is 51.7 Å². The van der Waals surface area contributed by atoms with Gasteiger partial charge in [-0.1, -0.05) is 12.1 Å². The first-order valence-electron chi connectivity index (χ1n) is 8.28. The summed E-state index contributed by atoms with van der Waals surface area (Å²) in [6, 6.07) is 8.96. The molecule has 0 fully saturated rings. The minimum absolute atomic E-state index is 0.303. The van der Waals surface area contributed by atoms with E-state index in [4.69, 9.17) is 10.5 Å². The highest BCUT2D eigenvalue weighted by Gasteiger charge is 2.25. The highest BCUT2D eigenvalue weighted by atomic mass is 32.2. The Hall–Kier alpha value is -2.16. The van der Waals surface area contributed by atoms with Crippen molar-refractivity contribution in [1.29, 1.82) is 0 Å². The number of benzene rings is 1. The molecule has 0 saturated heterocycles. The van der Waals surface area contributed by atoms with E-state index in [0.717, 1.165) is 17.7 Å². The number of esters is 1. The second-order valence-electron chi connectivity index (χ2n) is 5.95. The van der Waals surface area contributed by atoms with Crippen LogP contribution in [0.1, 0.15) is 38.9 Å². The number of aliphatic imine (C=N–C) groups is 1. The summed E-state index contributed by atoms with van der Waals surface area (Å²) in [7, 11) is 1.31. The third kappa shape index (κ3) is 5.18. The average molecular weight is 406 g/mol. The van der Waals surface area contributed by atoms with Gasteiger partial charge in [0.05, 0.1) is 18.3 Å². The largest absolute Gasteiger partial charge is 0.465 e. The zero-order chi connectivity index (χ0) is 19.9. The number of carbonyl (C=O) groups excluding carboxylic acids is 2. The van der Waals surface area contributed by atoms with Crippen LogP contribution in [0, 0.1) is 0 Å². The van der Waals surface area contributed by atoms with E-state index >= 15 is 0 Å². The van der Waals surface area contributed by atoms with Crippen LogP contribution in [0.4, 0.5) is 5.69 Å². The lowest BCUT2D eigenvalue weighted by atomic mass is 9.89. The molecule has 2 rings (SSSR count). The second kappa shape index (κ2) is 9.68. The Morgan fingerprint density at radius 3 is 2.85 bits per heavy atom. The van der Waals surface area contributed by atoms with Crippen molar-refractivity contribution in [3.8, 4) is 0 Å². The molecule has 3 N–H and O–H groups in total. The van der Waals surface area contributed by atoms with Crippen LogP contribution < -0.4 is 11.1 Å². The third-order valence-corrected chi connectivity index (χ3v) is 5.85. The van der Waals surface area contributed by atoms with Crippen LogP contribution in [-0.2, 0) is 10.3 Å². The molecule has 0 saturated carbocycles. The fourth-order valence-corrected chi connectivity index (χ4v) is 3.99. The quantitative estimate of drug-likeness (QED) is 0.287. The maximum Gasteiger partial charge on any atom is 0.350 e. The van der Waals surface area contributed by atoms with E-state index in [-0.39, 0.29) is 5.91 Å². The second-order valence-corrected chi connectivity index (χ2v) is 8.01. The molecule has 1 atom stereocenters. The number of nitrogens with one attached hydrogen (secondary N) is 1. The van der Waals surface area contributed by atoms with Crippen molar-refractivity contribution in [2.24, 2.45) is 10.7 Å². The molecule has 0 aliphatic carbocycles. The van der Waals surface area contributed by atoms with Gasteiger partial charge in [0.1, 0.15) is 4.88 Å². The Morgan fingerprint density at radius 1 is 1.41 bits per heavy atom. The zero-order valence-electron chi connectivity index (χ0n) is 15.4. The molecular formula is C19H23N3O3S2. The van der Waals surface area contributed by atoms with E-state index in [1.807, 2.05) is 19.1 Å². The molecule has 1 amide bonds. The van der Waals surface area contributed by atoms with Crippen molar-refractivity contribution in [1.82, 2.24) is 0 Å². The fourth-order valence-electron chi connectivity index (χ4n) is 2.52. The van der Waals surface area contributed by atoms with Gasteiger partial charge in [-0.15, -0.1) is 23.1 Å². The van der Waals surface area contributed by atoms with Gasteiger partial charge in [-0.25, -0.2) is 4.79 Å². The molecule has 1 unspecified atom stereocenters. The van der Waals surface area contributed by atoms with E-state index in [1.165, 1.54) is 18.4 Å². The van der Waals surface area contributed by atoms with Gasteiger partial charge >= 0.3 is 5.97 Å². The lowest BCUT2D eigenvalue weighted by Gasteiger charge is -2.25.